The van der Waals surface area contributed by atoms with Gasteiger partial charge in [0.15, 0.2) is 0 Å². The molecule has 2 aromatic carbocycles. The number of carbonyl (C=O) groups is 1. The van der Waals surface area contributed by atoms with Crippen molar-refractivity contribution in [2.24, 2.45) is 5.92 Å². The summed E-state index contributed by atoms with van der Waals surface area (Å²) >= 11 is 6.19. The topological polar surface area (TPSA) is 53.4 Å². The van der Waals surface area contributed by atoms with Crippen LogP contribution in [0.1, 0.15) is 45.1 Å². The second kappa shape index (κ2) is 8.52. The highest BCUT2D eigenvalue weighted by molar-refractivity contribution is 6.30. The summed E-state index contributed by atoms with van der Waals surface area (Å²) in [5, 5.41) is 9.27. The van der Waals surface area contributed by atoms with E-state index in [9.17, 15) is 4.79 Å². The van der Waals surface area contributed by atoms with Crippen LogP contribution in [0.15, 0.2) is 48.5 Å². The maximum Gasteiger partial charge on any atom is 0.239 e. The summed E-state index contributed by atoms with van der Waals surface area (Å²) < 4.78 is 5.62. The SMILES string of the molecule is CC(C)OCCCN1C(=N)CC(c2cccc(-c3cccc(Cl)c3)c2)(C2CC2)C1=O. The zero-order valence-electron chi connectivity index (χ0n) is 17.7. The summed E-state index contributed by atoms with van der Waals surface area (Å²) in [6.45, 7) is 5.17. The molecule has 1 unspecified atom stereocenters. The van der Waals surface area contributed by atoms with Crippen LogP contribution in [0.2, 0.25) is 5.02 Å². The Labute approximate surface area is 183 Å². The monoisotopic (exact) mass is 424 g/mol. The van der Waals surface area contributed by atoms with Crippen LogP contribution in [0.5, 0.6) is 0 Å². The highest BCUT2D eigenvalue weighted by atomic mass is 35.5. The zero-order valence-corrected chi connectivity index (χ0v) is 18.4. The van der Waals surface area contributed by atoms with Crippen LogP contribution in [-0.4, -0.2) is 35.9 Å². The summed E-state index contributed by atoms with van der Waals surface area (Å²) in [5.41, 5.74) is 2.51. The Morgan fingerprint density at radius 1 is 1.17 bits per heavy atom. The molecule has 1 atom stereocenters. The van der Waals surface area contributed by atoms with Gasteiger partial charge < -0.3 is 4.74 Å². The van der Waals surface area contributed by atoms with Gasteiger partial charge in [0.2, 0.25) is 5.91 Å². The third-order valence-electron chi connectivity index (χ3n) is 6.19. The van der Waals surface area contributed by atoms with E-state index in [1.165, 1.54) is 0 Å². The Morgan fingerprint density at radius 2 is 1.87 bits per heavy atom. The van der Waals surface area contributed by atoms with Gasteiger partial charge in [0.25, 0.3) is 0 Å². The van der Waals surface area contributed by atoms with Crippen molar-refractivity contribution in [3.8, 4) is 11.1 Å². The largest absolute Gasteiger partial charge is 0.379 e. The predicted molar refractivity (Wildman–Crippen MR) is 121 cm³/mol. The Bertz CT molecular complexity index is 954. The molecule has 30 heavy (non-hydrogen) atoms. The number of likely N-dealkylation sites (tertiary alicyclic amines) is 1. The fourth-order valence-corrected chi connectivity index (χ4v) is 4.77. The number of rotatable bonds is 8. The molecule has 1 heterocycles. The molecule has 4 nitrogen and oxygen atoms in total. The summed E-state index contributed by atoms with van der Waals surface area (Å²) in [7, 11) is 0. The minimum Gasteiger partial charge on any atom is -0.379 e. The Hall–Kier alpha value is -2.17. The van der Waals surface area contributed by atoms with Crippen molar-refractivity contribution < 1.29 is 9.53 Å². The smallest absolute Gasteiger partial charge is 0.239 e. The maximum absolute atomic E-state index is 13.7. The molecular formula is C25H29ClN2O2. The highest BCUT2D eigenvalue weighted by Gasteiger charge is 2.58. The lowest BCUT2D eigenvalue weighted by Gasteiger charge is -2.28. The van der Waals surface area contributed by atoms with Gasteiger partial charge >= 0.3 is 0 Å². The van der Waals surface area contributed by atoms with E-state index in [0.29, 0.717) is 36.3 Å². The molecule has 0 bridgehead atoms. The van der Waals surface area contributed by atoms with E-state index in [4.69, 9.17) is 21.7 Å². The van der Waals surface area contributed by atoms with E-state index >= 15 is 0 Å². The standard InChI is InChI=1S/C25H29ClN2O2/c1-17(2)30-13-5-12-28-23(27)16-25(24(28)29,20-10-11-20)21-8-3-6-18(14-21)19-7-4-9-22(26)15-19/h3-4,6-9,14-15,17,20,27H,5,10-13,16H2,1-2H3. The van der Waals surface area contributed by atoms with Crippen molar-refractivity contribution in [1.29, 1.82) is 5.41 Å². The molecule has 0 aromatic heterocycles. The van der Waals surface area contributed by atoms with Crippen LogP contribution in [-0.2, 0) is 14.9 Å². The molecule has 4 rings (SSSR count). The number of halogens is 1. The van der Waals surface area contributed by atoms with Crippen molar-refractivity contribution in [3.05, 3.63) is 59.1 Å². The van der Waals surface area contributed by atoms with Crippen molar-refractivity contribution in [2.45, 2.75) is 51.0 Å². The first kappa shape index (κ1) is 21.1. The minimum atomic E-state index is -0.607. The number of nitrogens with one attached hydrogen (secondary N) is 1. The number of nitrogens with zero attached hydrogens (tertiary/aromatic N) is 1. The zero-order chi connectivity index (χ0) is 21.3. The van der Waals surface area contributed by atoms with E-state index in [-0.39, 0.29) is 12.0 Å². The first-order valence-corrected chi connectivity index (χ1v) is 11.2. The second-order valence-electron chi connectivity index (χ2n) is 8.69. The lowest BCUT2D eigenvalue weighted by atomic mass is 9.74. The number of amides is 1. The molecule has 1 aliphatic carbocycles. The van der Waals surface area contributed by atoms with Gasteiger partial charge in [-0.1, -0.05) is 48.0 Å². The Kier molecular flexibility index (Phi) is 5.99. The van der Waals surface area contributed by atoms with Crippen molar-refractivity contribution in [2.75, 3.05) is 13.2 Å². The fourth-order valence-electron chi connectivity index (χ4n) is 4.58. The molecular weight excluding hydrogens is 396 g/mol. The van der Waals surface area contributed by atoms with Crippen molar-refractivity contribution in [3.63, 3.8) is 0 Å². The average molecular weight is 425 g/mol. The van der Waals surface area contributed by atoms with Gasteiger partial charge in [-0.3, -0.25) is 15.1 Å². The van der Waals surface area contributed by atoms with Crippen LogP contribution in [0.3, 0.4) is 0 Å². The minimum absolute atomic E-state index is 0.0859. The molecule has 1 saturated carbocycles. The second-order valence-corrected chi connectivity index (χ2v) is 9.13. The molecule has 1 N–H and O–H groups in total. The summed E-state index contributed by atoms with van der Waals surface area (Å²) in [6.07, 6.45) is 3.50. The molecule has 2 aromatic rings. The molecule has 0 spiro atoms. The quantitative estimate of drug-likeness (QED) is 0.554. The number of amidine groups is 1. The molecule has 2 aliphatic rings. The van der Waals surface area contributed by atoms with Gasteiger partial charge in [-0.05, 0) is 67.9 Å². The number of hydrogen-bond acceptors (Lipinski definition) is 3. The first-order valence-electron chi connectivity index (χ1n) is 10.8. The lowest BCUT2D eigenvalue weighted by molar-refractivity contribution is -0.131. The van der Waals surface area contributed by atoms with Crippen LogP contribution in [0.25, 0.3) is 11.1 Å². The molecule has 5 heteroatoms. The van der Waals surface area contributed by atoms with Crippen molar-refractivity contribution in [1.82, 2.24) is 4.90 Å². The first-order chi connectivity index (χ1) is 14.4. The van der Waals surface area contributed by atoms with Crippen LogP contribution in [0.4, 0.5) is 0 Å². The van der Waals surface area contributed by atoms with E-state index in [1.807, 2.05) is 44.2 Å². The average Bonchev–Trinajstić information content (AvgIpc) is 3.53. The van der Waals surface area contributed by atoms with E-state index < -0.39 is 5.41 Å². The van der Waals surface area contributed by atoms with Gasteiger partial charge in [0.1, 0.15) is 5.84 Å². The summed E-state index contributed by atoms with van der Waals surface area (Å²) in [4.78, 5) is 15.4. The van der Waals surface area contributed by atoms with Gasteiger partial charge in [-0.15, -0.1) is 0 Å². The number of ether oxygens (including phenoxy) is 1. The van der Waals surface area contributed by atoms with Gasteiger partial charge in [0, 0.05) is 24.6 Å². The molecule has 1 amide bonds. The van der Waals surface area contributed by atoms with E-state index in [2.05, 4.69) is 18.2 Å². The number of carbonyl (C=O) groups excluding carboxylic acids is 1. The van der Waals surface area contributed by atoms with Crippen molar-refractivity contribution >= 4 is 23.3 Å². The van der Waals surface area contributed by atoms with Gasteiger partial charge in [-0.2, -0.15) is 0 Å². The van der Waals surface area contributed by atoms with Gasteiger partial charge in [0.05, 0.1) is 11.5 Å². The highest BCUT2D eigenvalue weighted by Crippen LogP contribution is 2.54. The molecule has 2 fully saturated rings. The number of benzene rings is 2. The molecule has 158 valence electrons. The number of hydrogen-bond donors (Lipinski definition) is 1. The normalized spacial score (nSPS) is 21.7. The Morgan fingerprint density at radius 3 is 2.53 bits per heavy atom. The predicted octanol–water partition coefficient (Wildman–Crippen LogP) is 5.68. The molecule has 1 saturated heterocycles. The summed E-state index contributed by atoms with van der Waals surface area (Å²) in [6, 6.07) is 16.1. The van der Waals surface area contributed by atoms with Crippen LogP contribution in [0, 0.1) is 11.3 Å². The third-order valence-corrected chi connectivity index (χ3v) is 6.42. The van der Waals surface area contributed by atoms with Crippen LogP contribution >= 0.6 is 11.6 Å². The van der Waals surface area contributed by atoms with Gasteiger partial charge in [-0.25, -0.2) is 0 Å². The lowest BCUT2D eigenvalue weighted by Crippen LogP contribution is -2.40. The Balaban J connectivity index is 1.62. The summed E-state index contributed by atoms with van der Waals surface area (Å²) in [5.74, 6) is 0.837. The van der Waals surface area contributed by atoms with Crippen LogP contribution < -0.4 is 0 Å². The van der Waals surface area contributed by atoms with E-state index in [0.717, 1.165) is 36.0 Å². The fraction of sp³-hybridized carbons (Fsp3) is 0.440. The molecule has 0 radical (unpaired) electrons. The maximum atomic E-state index is 13.7. The third kappa shape index (κ3) is 4.03. The van der Waals surface area contributed by atoms with E-state index in [1.54, 1.807) is 4.90 Å². The molecule has 1 aliphatic heterocycles.